The fourth-order valence-electron chi connectivity index (χ4n) is 7.33. The lowest BCUT2D eigenvalue weighted by Crippen LogP contribution is -2.57. The van der Waals surface area contributed by atoms with Crippen molar-refractivity contribution in [3.63, 3.8) is 0 Å². The van der Waals surface area contributed by atoms with Gasteiger partial charge in [0.1, 0.15) is 42.8 Å². The number of allylic oxidation sites excluding steroid dienone is 1. The van der Waals surface area contributed by atoms with Crippen molar-refractivity contribution in [3.05, 3.63) is 41.5 Å². The Bertz CT molecular complexity index is 1610. The quantitative estimate of drug-likeness (QED) is 0.137. The minimum atomic E-state index is -1.22. The van der Waals surface area contributed by atoms with Crippen molar-refractivity contribution in [1.82, 2.24) is 25.8 Å². The lowest BCUT2D eigenvalue weighted by molar-refractivity contribution is -0.160. The predicted octanol–water partition coefficient (Wildman–Crippen LogP) is 3.66. The highest BCUT2D eigenvalue weighted by Crippen LogP contribution is 2.25. The molecule has 2 aliphatic rings. The van der Waals surface area contributed by atoms with E-state index in [0.717, 1.165) is 5.57 Å². The summed E-state index contributed by atoms with van der Waals surface area (Å²) in [5, 5.41) is 19.7. The van der Waals surface area contributed by atoms with Crippen LogP contribution < -0.4 is 20.7 Å². The summed E-state index contributed by atoms with van der Waals surface area (Å²) in [7, 11) is 3.03. The van der Waals surface area contributed by atoms with Gasteiger partial charge in [-0.25, -0.2) is 4.79 Å². The second kappa shape index (κ2) is 23.3. The second-order valence-electron chi connectivity index (χ2n) is 17.0. The maximum Gasteiger partial charge on any atom is 0.329 e. The van der Waals surface area contributed by atoms with Gasteiger partial charge in [0.05, 0.1) is 7.11 Å². The zero-order valence-electron chi connectivity index (χ0n) is 36.7. The highest BCUT2D eigenvalue weighted by Gasteiger charge is 2.43. The number of benzene rings is 1. The van der Waals surface area contributed by atoms with E-state index < -0.39 is 90.6 Å². The van der Waals surface area contributed by atoms with E-state index in [1.807, 2.05) is 47.6 Å². The molecule has 4 N–H and O–H groups in total. The Morgan fingerprint density at radius 2 is 1.66 bits per heavy atom. The summed E-state index contributed by atoms with van der Waals surface area (Å²) in [6.07, 6.45) is 1.51. The third-order valence-corrected chi connectivity index (χ3v) is 11.1. The van der Waals surface area contributed by atoms with Gasteiger partial charge < -0.3 is 39.8 Å². The fraction of sp³-hybridized carbons (Fsp3) is 0.682. The van der Waals surface area contributed by atoms with E-state index in [0.29, 0.717) is 30.6 Å². The SMILES string of the molecule is CC[C@H](C)[C@@H]1CCC(=O)O[C@@H](C(C)C)C(=O)N[C@@H](CC(C)C)C(=O)N2CCC[C@H]2C(=O)N(C)[C@@H](Cc2ccc(OC)cc2)C(=O)OC[C@H](NC(O)CC=C(C)C)C(=O)N1. The summed E-state index contributed by atoms with van der Waals surface area (Å²) in [4.78, 5) is 87.0. The Morgan fingerprint density at radius 1 is 0.983 bits per heavy atom. The number of likely N-dealkylation sites (N-methyl/N-ethyl adjacent to an activating group) is 1. The maximum atomic E-state index is 14.5. The third-order valence-electron chi connectivity index (χ3n) is 11.1. The number of aliphatic hydroxyl groups excluding tert-OH is 1. The number of aliphatic hydroxyl groups is 1. The van der Waals surface area contributed by atoms with Crippen LogP contribution in [0.3, 0.4) is 0 Å². The molecule has 1 aromatic carbocycles. The van der Waals surface area contributed by atoms with Gasteiger partial charge in [-0.15, -0.1) is 0 Å². The van der Waals surface area contributed by atoms with Crippen LogP contribution in [0.25, 0.3) is 0 Å². The van der Waals surface area contributed by atoms with Crippen molar-refractivity contribution in [1.29, 1.82) is 0 Å². The number of carbonyl (C=O) groups excluding carboxylic acids is 6. The van der Waals surface area contributed by atoms with Crippen LogP contribution >= 0.6 is 0 Å². The molecule has 2 aliphatic heterocycles. The molecule has 0 aromatic heterocycles. The smallest absolute Gasteiger partial charge is 0.329 e. The standard InChI is InChI=1S/C44H69N5O10/c1-11-29(8)32-19-21-38(51)59-39(28(6)7)41(53)47-33(23-27(4)5)42(54)49-22-12-13-35(49)43(55)48(9)36(24-30-15-17-31(57-10)18-16-30)44(56)58-25-34(40(52)46-32)45-37(50)20-14-26(2)3/h14-18,27-29,32-37,39,45,50H,11-13,19-25H2,1-10H3,(H,46,52)(H,47,53)/t29-,32-,33-,34-,35-,36-,37?,39-/m0/s1. The number of hydrogen-bond donors (Lipinski definition) is 4. The average Bonchev–Trinajstić information content (AvgIpc) is 3.69. The molecule has 1 aromatic rings. The van der Waals surface area contributed by atoms with Crippen LogP contribution in [0, 0.1) is 17.8 Å². The molecule has 2 fully saturated rings. The number of hydrogen-bond acceptors (Lipinski definition) is 11. The van der Waals surface area contributed by atoms with Crippen LogP contribution in [-0.2, 0) is 44.7 Å². The fourth-order valence-corrected chi connectivity index (χ4v) is 7.33. The Balaban J connectivity index is 2.12. The van der Waals surface area contributed by atoms with Crippen molar-refractivity contribution in [2.45, 2.75) is 149 Å². The van der Waals surface area contributed by atoms with Crippen molar-refractivity contribution < 1.29 is 48.1 Å². The molecule has 0 saturated carbocycles. The first kappa shape index (κ1) is 48.9. The first-order valence-electron chi connectivity index (χ1n) is 21.1. The van der Waals surface area contributed by atoms with Gasteiger partial charge in [0.2, 0.25) is 17.7 Å². The minimum absolute atomic E-state index is 0.0128. The normalized spacial score (nSPS) is 25.6. The number of nitrogens with one attached hydrogen (secondary N) is 3. The molecule has 4 amide bonds. The zero-order chi connectivity index (χ0) is 44.0. The molecule has 8 atom stereocenters. The largest absolute Gasteiger partial charge is 0.497 e. The molecule has 59 heavy (non-hydrogen) atoms. The predicted molar refractivity (Wildman–Crippen MR) is 223 cm³/mol. The maximum absolute atomic E-state index is 14.5. The molecule has 0 radical (unpaired) electrons. The van der Waals surface area contributed by atoms with E-state index in [4.69, 9.17) is 14.2 Å². The lowest BCUT2D eigenvalue weighted by Gasteiger charge is -2.34. The van der Waals surface area contributed by atoms with E-state index in [-0.39, 0.29) is 50.5 Å². The van der Waals surface area contributed by atoms with E-state index in [1.165, 1.54) is 16.8 Å². The number of amides is 4. The van der Waals surface area contributed by atoms with Crippen molar-refractivity contribution >= 4 is 35.6 Å². The van der Waals surface area contributed by atoms with Gasteiger partial charge in [-0.3, -0.25) is 29.3 Å². The average molecular weight is 828 g/mol. The molecular weight excluding hydrogens is 759 g/mol. The number of cyclic esters (lactones) is 2. The van der Waals surface area contributed by atoms with Crippen molar-refractivity contribution in [3.8, 4) is 5.75 Å². The monoisotopic (exact) mass is 828 g/mol. The highest BCUT2D eigenvalue weighted by atomic mass is 16.5. The van der Waals surface area contributed by atoms with Crippen LogP contribution in [0.2, 0.25) is 0 Å². The van der Waals surface area contributed by atoms with Crippen molar-refractivity contribution in [2.24, 2.45) is 17.8 Å². The Morgan fingerprint density at radius 3 is 2.25 bits per heavy atom. The molecule has 15 heteroatoms. The molecule has 330 valence electrons. The minimum Gasteiger partial charge on any atom is -0.497 e. The number of rotatable bonds is 12. The third kappa shape index (κ3) is 14.6. The number of methoxy groups -OCH3 is 1. The zero-order valence-corrected chi connectivity index (χ0v) is 36.7. The summed E-state index contributed by atoms with van der Waals surface area (Å²) in [5.74, 6) is -3.47. The van der Waals surface area contributed by atoms with Gasteiger partial charge in [0, 0.05) is 38.9 Å². The molecule has 0 aliphatic carbocycles. The Labute approximate surface area is 350 Å². The van der Waals surface area contributed by atoms with E-state index in [2.05, 4.69) is 16.0 Å². The first-order chi connectivity index (χ1) is 27.9. The molecule has 2 heterocycles. The summed E-state index contributed by atoms with van der Waals surface area (Å²) < 4.78 is 16.9. The number of carbonyl (C=O) groups is 6. The highest BCUT2D eigenvalue weighted by molar-refractivity contribution is 5.95. The van der Waals surface area contributed by atoms with Gasteiger partial charge in [-0.2, -0.15) is 0 Å². The Kier molecular flexibility index (Phi) is 19.3. The van der Waals surface area contributed by atoms with E-state index in [9.17, 15) is 33.9 Å². The Hall–Kier alpha value is -4.50. The summed E-state index contributed by atoms with van der Waals surface area (Å²) in [5.41, 5.74) is 1.66. The van der Waals surface area contributed by atoms with Gasteiger partial charge in [-0.05, 0) is 75.0 Å². The van der Waals surface area contributed by atoms with E-state index >= 15 is 0 Å². The van der Waals surface area contributed by atoms with Crippen LogP contribution in [0.15, 0.2) is 35.9 Å². The molecular formula is C44H69N5O10. The lowest BCUT2D eigenvalue weighted by atomic mass is 9.94. The van der Waals surface area contributed by atoms with Crippen LogP contribution in [0.1, 0.15) is 106 Å². The molecule has 15 nitrogen and oxygen atoms in total. The van der Waals surface area contributed by atoms with Crippen LogP contribution in [-0.4, -0.2) is 120 Å². The number of esters is 2. The molecule has 3 rings (SSSR count). The molecule has 0 spiro atoms. The molecule has 0 bridgehead atoms. The first-order valence-corrected chi connectivity index (χ1v) is 21.1. The molecule has 1 unspecified atom stereocenters. The number of nitrogens with zero attached hydrogens (tertiary/aromatic N) is 2. The second-order valence-corrected chi connectivity index (χ2v) is 17.0. The van der Waals surface area contributed by atoms with Crippen LogP contribution in [0.4, 0.5) is 0 Å². The van der Waals surface area contributed by atoms with Crippen molar-refractivity contribution in [2.75, 3.05) is 27.3 Å². The van der Waals surface area contributed by atoms with Gasteiger partial charge >= 0.3 is 11.9 Å². The van der Waals surface area contributed by atoms with E-state index in [1.54, 1.807) is 45.2 Å². The summed E-state index contributed by atoms with van der Waals surface area (Å²) in [6, 6.07) is 2.19. The summed E-state index contributed by atoms with van der Waals surface area (Å²) in [6.45, 7) is 14.8. The van der Waals surface area contributed by atoms with Crippen LogP contribution in [0.5, 0.6) is 5.75 Å². The van der Waals surface area contributed by atoms with Gasteiger partial charge in [0.25, 0.3) is 5.91 Å². The number of ether oxygens (including phenoxy) is 3. The molecule has 2 saturated heterocycles. The van der Waals surface area contributed by atoms with Gasteiger partial charge in [0.15, 0.2) is 6.10 Å². The topological polar surface area (TPSA) is 193 Å². The number of fused-ring (bicyclic) bond motifs is 1. The summed E-state index contributed by atoms with van der Waals surface area (Å²) >= 11 is 0. The van der Waals surface area contributed by atoms with Gasteiger partial charge in [-0.1, -0.05) is 71.7 Å².